The topological polar surface area (TPSA) is 55.6 Å². The fourth-order valence-electron chi connectivity index (χ4n) is 3.90. The standard InChI is InChI=1S/C20H30N2O2/c1-15(21)16-8-7-13-22(14-16)20(23)18-11-5-6-12-19(18)24-17-9-3-2-4-10-17/h5-6,11-12,15-17H,2-4,7-10,13-14,21H2,1H3/t15-,16+/m1/s1. The van der Waals surface area contributed by atoms with E-state index in [1.54, 1.807) is 0 Å². The van der Waals surface area contributed by atoms with Crippen LogP contribution in [0.1, 0.15) is 62.2 Å². The van der Waals surface area contributed by atoms with Crippen molar-refractivity contribution in [2.45, 2.75) is 64.0 Å². The molecule has 2 atom stereocenters. The van der Waals surface area contributed by atoms with Crippen LogP contribution in [0.5, 0.6) is 5.75 Å². The van der Waals surface area contributed by atoms with E-state index in [2.05, 4.69) is 0 Å². The minimum Gasteiger partial charge on any atom is -0.490 e. The molecule has 0 aromatic heterocycles. The molecule has 1 aliphatic carbocycles. The van der Waals surface area contributed by atoms with E-state index >= 15 is 0 Å². The summed E-state index contributed by atoms with van der Waals surface area (Å²) in [7, 11) is 0. The van der Waals surface area contributed by atoms with Crippen LogP contribution in [0.25, 0.3) is 0 Å². The average molecular weight is 330 g/mol. The molecule has 0 unspecified atom stereocenters. The molecular weight excluding hydrogens is 300 g/mol. The van der Waals surface area contributed by atoms with Gasteiger partial charge in [0.2, 0.25) is 0 Å². The Balaban J connectivity index is 1.72. The number of para-hydroxylation sites is 1. The van der Waals surface area contributed by atoms with Crippen LogP contribution in [-0.2, 0) is 0 Å². The Morgan fingerprint density at radius 1 is 1.17 bits per heavy atom. The van der Waals surface area contributed by atoms with Crippen LogP contribution in [0.15, 0.2) is 24.3 Å². The number of rotatable bonds is 4. The molecule has 1 saturated heterocycles. The summed E-state index contributed by atoms with van der Waals surface area (Å²) in [6.45, 7) is 3.62. The molecule has 3 rings (SSSR count). The van der Waals surface area contributed by atoms with Crippen molar-refractivity contribution in [1.29, 1.82) is 0 Å². The van der Waals surface area contributed by atoms with Gasteiger partial charge in [-0.2, -0.15) is 0 Å². The first-order chi connectivity index (χ1) is 11.6. The third-order valence-electron chi connectivity index (χ3n) is 5.45. The van der Waals surface area contributed by atoms with E-state index in [0.717, 1.165) is 44.5 Å². The van der Waals surface area contributed by atoms with Gasteiger partial charge in [0.25, 0.3) is 5.91 Å². The molecule has 1 saturated carbocycles. The van der Waals surface area contributed by atoms with E-state index in [-0.39, 0.29) is 18.1 Å². The largest absolute Gasteiger partial charge is 0.490 e. The number of ether oxygens (including phenoxy) is 1. The first kappa shape index (κ1) is 17.3. The summed E-state index contributed by atoms with van der Waals surface area (Å²) in [6, 6.07) is 7.85. The Morgan fingerprint density at radius 2 is 1.92 bits per heavy atom. The van der Waals surface area contributed by atoms with Gasteiger partial charge in [-0.1, -0.05) is 18.6 Å². The molecule has 2 aliphatic rings. The molecule has 0 radical (unpaired) electrons. The van der Waals surface area contributed by atoms with E-state index in [1.807, 2.05) is 36.1 Å². The normalized spacial score (nSPS) is 23.8. The summed E-state index contributed by atoms with van der Waals surface area (Å²) in [5, 5.41) is 0. The third-order valence-corrected chi connectivity index (χ3v) is 5.45. The summed E-state index contributed by atoms with van der Waals surface area (Å²) in [5.74, 6) is 1.23. The maximum absolute atomic E-state index is 13.0. The van der Waals surface area contributed by atoms with Gasteiger partial charge in [0, 0.05) is 19.1 Å². The molecule has 2 N–H and O–H groups in total. The lowest BCUT2D eigenvalue weighted by Gasteiger charge is -2.35. The Hall–Kier alpha value is -1.55. The Kier molecular flexibility index (Phi) is 5.77. The van der Waals surface area contributed by atoms with Crippen LogP contribution in [0.3, 0.4) is 0 Å². The van der Waals surface area contributed by atoms with Crippen LogP contribution >= 0.6 is 0 Å². The second kappa shape index (κ2) is 8.02. The van der Waals surface area contributed by atoms with Crippen LogP contribution < -0.4 is 10.5 Å². The predicted octanol–water partition coefficient (Wildman–Crippen LogP) is 3.60. The van der Waals surface area contributed by atoms with Crippen LogP contribution in [0.4, 0.5) is 0 Å². The summed E-state index contributed by atoms with van der Waals surface area (Å²) in [6.07, 6.45) is 8.34. The Bertz CT molecular complexity index is 552. The van der Waals surface area contributed by atoms with E-state index < -0.39 is 0 Å². The summed E-state index contributed by atoms with van der Waals surface area (Å²) in [5.41, 5.74) is 6.76. The van der Waals surface area contributed by atoms with Crippen molar-refractivity contribution in [3.8, 4) is 5.75 Å². The number of amides is 1. The van der Waals surface area contributed by atoms with Crippen molar-refractivity contribution in [2.24, 2.45) is 11.7 Å². The second-order valence-electron chi connectivity index (χ2n) is 7.39. The zero-order valence-electron chi connectivity index (χ0n) is 14.7. The van der Waals surface area contributed by atoms with E-state index in [1.165, 1.54) is 19.3 Å². The van der Waals surface area contributed by atoms with E-state index in [9.17, 15) is 4.79 Å². The second-order valence-corrected chi connectivity index (χ2v) is 7.39. The Morgan fingerprint density at radius 3 is 2.67 bits per heavy atom. The third kappa shape index (κ3) is 4.10. The van der Waals surface area contributed by atoms with Gasteiger partial charge in [0.05, 0.1) is 11.7 Å². The van der Waals surface area contributed by atoms with Gasteiger partial charge in [-0.15, -0.1) is 0 Å². The summed E-state index contributed by atoms with van der Waals surface area (Å²) in [4.78, 5) is 15.0. The number of carbonyl (C=O) groups is 1. The highest BCUT2D eigenvalue weighted by molar-refractivity contribution is 5.97. The highest BCUT2D eigenvalue weighted by Crippen LogP contribution is 2.28. The molecule has 1 aliphatic heterocycles. The number of nitrogens with zero attached hydrogens (tertiary/aromatic N) is 1. The number of piperidine rings is 1. The number of hydrogen-bond donors (Lipinski definition) is 1. The molecule has 2 fully saturated rings. The van der Waals surface area contributed by atoms with E-state index in [0.29, 0.717) is 11.5 Å². The fourth-order valence-corrected chi connectivity index (χ4v) is 3.90. The molecule has 132 valence electrons. The first-order valence-corrected chi connectivity index (χ1v) is 9.45. The lowest BCUT2D eigenvalue weighted by molar-refractivity contribution is 0.0651. The molecule has 4 nitrogen and oxygen atoms in total. The van der Waals surface area contributed by atoms with Gasteiger partial charge in [0.15, 0.2) is 0 Å². The average Bonchev–Trinajstić information content (AvgIpc) is 2.62. The molecule has 0 bridgehead atoms. The molecule has 1 aromatic carbocycles. The number of benzene rings is 1. The summed E-state index contributed by atoms with van der Waals surface area (Å²) >= 11 is 0. The van der Waals surface area contributed by atoms with Crippen molar-refractivity contribution in [3.05, 3.63) is 29.8 Å². The molecular formula is C20H30N2O2. The van der Waals surface area contributed by atoms with Crippen molar-refractivity contribution in [1.82, 2.24) is 4.90 Å². The van der Waals surface area contributed by atoms with Crippen molar-refractivity contribution < 1.29 is 9.53 Å². The van der Waals surface area contributed by atoms with Crippen molar-refractivity contribution in [2.75, 3.05) is 13.1 Å². The van der Waals surface area contributed by atoms with Gasteiger partial charge in [-0.05, 0) is 63.5 Å². The van der Waals surface area contributed by atoms with Gasteiger partial charge in [-0.3, -0.25) is 4.79 Å². The van der Waals surface area contributed by atoms with Crippen LogP contribution in [0.2, 0.25) is 0 Å². The zero-order valence-corrected chi connectivity index (χ0v) is 14.7. The monoisotopic (exact) mass is 330 g/mol. The molecule has 24 heavy (non-hydrogen) atoms. The highest BCUT2D eigenvalue weighted by Gasteiger charge is 2.28. The Labute approximate surface area is 145 Å². The molecule has 1 aromatic rings. The minimum atomic E-state index is 0.0896. The smallest absolute Gasteiger partial charge is 0.257 e. The number of carbonyl (C=O) groups excluding carboxylic acids is 1. The maximum atomic E-state index is 13.0. The SMILES string of the molecule is C[C@@H](N)[C@H]1CCCN(C(=O)c2ccccc2OC2CCCCC2)C1. The molecule has 0 spiro atoms. The van der Waals surface area contributed by atoms with Crippen LogP contribution in [-0.4, -0.2) is 36.0 Å². The first-order valence-electron chi connectivity index (χ1n) is 9.45. The summed E-state index contributed by atoms with van der Waals surface area (Å²) < 4.78 is 6.20. The van der Waals surface area contributed by atoms with Gasteiger partial charge in [-0.25, -0.2) is 0 Å². The number of likely N-dealkylation sites (tertiary alicyclic amines) is 1. The lowest BCUT2D eigenvalue weighted by atomic mass is 9.92. The minimum absolute atomic E-state index is 0.0896. The zero-order chi connectivity index (χ0) is 16.9. The van der Waals surface area contributed by atoms with Gasteiger partial charge >= 0.3 is 0 Å². The molecule has 4 heteroatoms. The lowest BCUT2D eigenvalue weighted by Crippen LogP contribution is -2.45. The highest BCUT2D eigenvalue weighted by atomic mass is 16.5. The predicted molar refractivity (Wildman–Crippen MR) is 96.2 cm³/mol. The van der Waals surface area contributed by atoms with Gasteiger partial charge in [0.1, 0.15) is 5.75 Å². The fraction of sp³-hybridized carbons (Fsp3) is 0.650. The maximum Gasteiger partial charge on any atom is 0.257 e. The molecule has 1 amide bonds. The van der Waals surface area contributed by atoms with Crippen molar-refractivity contribution >= 4 is 5.91 Å². The van der Waals surface area contributed by atoms with Gasteiger partial charge < -0.3 is 15.4 Å². The van der Waals surface area contributed by atoms with Crippen LogP contribution in [0, 0.1) is 5.92 Å². The molecule has 1 heterocycles. The number of hydrogen-bond acceptors (Lipinski definition) is 3. The quantitative estimate of drug-likeness (QED) is 0.918. The van der Waals surface area contributed by atoms with Crippen molar-refractivity contribution in [3.63, 3.8) is 0 Å². The number of nitrogens with two attached hydrogens (primary N) is 1. The van der Waals surface area contributed by atoms with E-state index in [4.69, 9.17) is 10.5 Å².